The van der Waals surface area contributed by atoms with Crippen LogP contribution in [0.15, 0.2) is 0 Å². The predicted molar refractivity (Wildman–Crippen MR) is 64.3 cm³/mol. The minimum absolute atomic E-state index is 0.216. The number of hydrogen-bond acceptors (Lipinski definition) is 4. The van der Waals surface area contributed by atoms with Crippen LogP contribution in [0.25, 0.3) is 0 Å². The van der Waals surface area contributed by atoms with Gasteiger partial charge in [0.25, 0.3) is 0 Å². The van der Waals surface area contributed by atoms with Crippen LogP contribution in [0.4, 0.5) is 24.8 Å². The Kier molecular flexibility index (Phi) is 4.75. The van der Waals surface area contributed by atoms with E-state index in [-0.39, 0.29) is 6.54 Å². The molecule has 7 heteroatoms. The highest BCUT2D eigenvalue weighted by Gasteiger charge is 2.26. The first-order valence-corrected chi connectivity index (χ1v) is 5.77. The van der Waals surface area contributed by atoms with Gasteiger partial charge in [0.2, 0.25) is 0 Å². The van der Waals surface area contributed by atoms with Crippen LogP contribution in [0.5, 0.6) is 0 Å². The van der Waals surface area contributed by atoms with E-state index in [1.54, 1.807) is 6.92 Å². The van der Waals surface area contributed by atoms with E-state index < -0.39 is 12.6 Å². The topological polar surface area (TPSA) is 63.8 Å². The number of alkyl halides is 3. The van der Waals surface area contributed by atoms with Gasteiger partial charge in [0, 0.05) is 18.5 Å². The molecular weight excluding hydrogens is 245 g/mol. The lowest BCUT2D eigenvalue weighted by Gasteiger charge is -2.12. The molecule has 0 atom stereocenters. The van der Waals surface area contributed by atoms with Gasteiger partial charge in [0.15, 0.2) is 0 Å². The molecule has 0 unspecified atom stereocenters. The quantitative estimate of drug-likeness (QED) is 0.856. The zero-order valence-electron chi connectivity index (χ0n) is 10.4. The molecular formula is C11H17F3N4. The second kappa shape index (κ2) is 5.88. The van der Waals surface area contributed by atoms with Crippen molar-refractivity contribution >= 4 is 11.6 Å². The molecule has 0 bridgehead atoms. The summed E-state index contributed by atoms with van der Waals surface area (Å²) in [5.74, 6) is 1.24. The number of aryl methyl sites for hydroxylation is 1. The van der Waals surface area contributed by atoms with E-state index in [1.165, 1.54) is 0 Å². The van der Waals surface area contributed by atoms with Crippen molar-refractivity contribution in [3.63, 3.8) is 0 Å². The highest BCUT2D eigenvalue weighted by atomic mass is 19.4. The van der Waals surface area contributed by atoms with Gasteiger partial charge in [-0.15, -0.1) is 0 Å². The van der Waals surface area contributed by atoms with Crippen molar-refractivity contribution in [2.45, 2.75) is 39.3 Å². The summed E-state index contributed by atoms with van der Waals surface area (Å²) in [6.45, 7) is 3.43. The fourth-order valence-electron chi connectivity index (χ4n) is 1.41. The summed E-state index contributed by atoms with van der Waals surface area (Å²) in [5.41, 5.74) is 6.28. The summed E-state index contributed by atoms with van der Waals surface area (Å²) in [6, 6.07) is 0. The minimum atomic E-state index is -4.17. The number of nitrogens with one attached hydrogen (secondary N) is 1. The van der Waals surface area contributed by atoms with Crippen molar-refractivity contribution in [3.05, 3.63) is 11.4 Å². The first-order chi connectivity index (χ1) is 8.33. The Morgan fingerprint density at radius 3 is 2.50 bits per heavy atom. The van der Waals surface area contributed by atoms with Gasteiger partial charge in [-0.2, -0.15) is 13.2 Å². The average Bonchev–Trinajstić information content (AvgIpc) is 2.23. The molecule has 1 aromatic rings. The SMILES string of the molecule is CCCc1nc(N)c(C)c(NCCC(F)(F)F)n1. The molecule has 4 nitrogen and oxygen atoms in total. The zero-order valence-corrected chi connectivity index (χ0v) is 10.4. The maximum atomic E-state index is 12.0. The Hall–Kier alpha value is -1.53. The number of hydrogen-bond donors (Lipinski definition) is 2. The lowest BCUT2D eigenvalue weighted by atomic mass is 10.2. The number of nitrogen functional groups attached to an aromatic ring is 1. The van der Waals surface area contributed by atoms with Gasteiger partial charge in [0.05, 0.1) is 6.42 Å². The summed E-state index contributed by atoms with van der Waals surface area (Å²) in [6.07, 6.45) is -3.58. The first kappa shape index (κ1) is 14.5. The molecule has 0 saturated carbocycles. The molecule has 0 saturated heterocycles. The van der Waals surface area contributed by atoms with Gasteiger partial charge in [-0.05, 0) is 13.3 Å². The average molecular weight is 262 g/mol. The Morgan fingerprint density at radius 2 is 1.94 bits per heavy atom. The largest absolute Gasteiger partial charge is 0.390 e. The van der Waals surface area contributed by atoms with E-state index in [2.05, 4.69) is 15.3 Å². The van der Waals surface area contributed by atoms with E-state index in [4.69, 9.17) is 5.73 Å². The summed E-state index contributed by atoms with van der Waals surface area (Å²) in [5, 5.41) is 2.66. The lowest BCUT2D eigenvalue weighted by molar-refractivity contribution is -0.131. The number of halogens is 3. The third-order valence-electron chi connectivity index (χ3n) is 2.40. The summed E-state index contributed by atoms with van der Waals surface area (Å²) >= 11 is 0. The van der Waals surface area contributed by atoms with Crippen LogP contribution in [0.1, 0.15) is 31.2 Å². The molecule has 0 amide bonds. The monoisotopic (exact) mass is 262 g/mol. The molecule has 3 N–H and O–H groups in total. The molecule has 18 heavy (non-hydrogen) atoms. The van der Waals surface area contributed by atoms with Crippen LogP contribution in [0.2, 0.25) is 0 Å². The van der Waals surface area contributed by atoms with Crippen LogP contribution in [0.3, 0.4) is 0 Å². The summed E-state index contributed by atoms with van der Waals surface area (Å²) < 4.78 is 36.1. The van der Waals surface area contributed by atoms with E-state index in [9.17, 15) is 13.2 Å². The number of nitrogens with two attached hydrogens (primary N) is 1. The van der Waals surface area contributed by atoms with Crippen LogP contribution in [0, 0.1) is 6.92 Å². The van der Waals surface area contributed by atoms with Crippen LogP contribution in [-0.2, 0) is 6.42 Å². The third-order valence-corrected chi connectivity index (χ3v) is 2.40. The van der Waals surface area contributed by atoms with Crippen molar-refractivity contribution in [2.75, 3.05) is 17.6 Å². The fraction of sp³-hybridized carbons (Fsp3) is 0.636. The van der Waals surface area contributed by atoms with Crippen molar-refractivity contribution in [2.24, 2.45) is 0 Å². The molecule has 0 aliphatic heterocycles. The van der Waals surface area contributed by atoms with E-state index in [1.807, 2.05) is 6.92 Å². The van der Waals surface area contributed by atoms with E-state index in [0.717, 1.165) is 6.42 Å². The number of aromatic nitrogens is 2. The van der Waals surface area contributed by atoms with Gasteiger partial charge in [0.1, 0.15) is 17.5 Å². The zero-order chi connectivity index (χ0) is 13.8. The minimum Gasteiger partial charge on any atom is -0.383 e. The molecule has 0 fully saturated rings. The molecule has 1 heterocycles. The lowest BCUT2D eigenvalue weighted by Crippen LogP contribution is -2.17. The van der Waals surface area contributed by atoms with E-state index in [0.29, 0.717) is 29.4 Å². The number of nitrogens with zero attached hydrogens (tertiary/aromatic N) is 2. The molecule has 0 aliphatic rings. The number of anilines is 2. The summed E-state index contributed by atoms with van der Waals surface area (Å²) in [7, 11) is 0. The van der Waals surface area contributed by atoms with E-state index >= 15 is 0 Å². The predicted octanol–water partition coefficient (Wildman–Crippen LogP) is 2.68. The van der Waals surface area contributed by atoms with Crippen molar-refractivity contribution in [3.8, 4) is 0 Å². The molecule has 0 radical (unpaired) electrons. The third kappa shape index (κ3) is 4.38. The Morgan fingerprint density at radius 1 is 1.28 bits per heavy atom. The standard InChI is InChI=1S/C11H17F3N4/c1-3-4-8-17-9(15)7(2)10(18-8)16-6-5-11(12,13)14/h3-6H2,1-2H3,(H3,15,16,17,18). The van der Waals surface area contributed by atoms with Crippen molar-refractivity contribution < 1.29 is 13.2 Å². The van der Waals surface area contributed by atoms with Gasteiger partial charge < -0.3 is 11.1 Å². The Balaban J connectivity index is 2.74. The second-order valence-electron chi connectivity index (χ2n) is 4.04. The van der Waals surface area contributed by atoms with Crippen molar-refractivity contribution in [1.29, 1.82) is 0 Å². The van der Waals surface area contributed by atoms with Gasteiger partial charge in [-0.25, -0.2) is 9.97 Å². The molecule has 1 rings (SSSR count). The summed E-state index contributed by atoms with van der Waals surface area (Å²) in [4.78, 5) is 8.26. The smallest absolute Gasteiger partial charge is 0.383 e. The molecule has 0 aromatic carbocycles. The van der Waals surface area contributed by atoms with Gasteiger partial charge in [-0.3, -0.25) is 0 Å². The van der Waals surface area contributed by atoms with Crippen LogP contribution in [-0.4, -0.2) is 22.7 Å². The molecule has 0 spiro atoms. The highest BCUT2D eigenvalue weighted by Crippen LogP contribution is 2.21. The maximum absolute atomic E-state index is 12.0. The van der Waals surface area contributed by atoms with Gasteiger partial charge in [-0.1, -0.05) is 6.92 Å². The maximum Gasteiger partial charge on any atom is 0.390 e. The Bertz CT molecular complexity index is 404. The number of rotatable bonds is 5. The second-order valence-corrected chi connectivity index (χ2v) is 4.04. The van der Waals surface area contributed by atoms with Gasteiger partial charge >= 0.3 is 6.18 Å². The normalized spacial score (nSPS) is 11.6. The molecule has 1 aromatic heterocycles. The van der Waals surface area contributed by atoms with Crippen LogP contribution >= 0.6 is 0 Å². The Labute approximate surface area is 104 Å². The van der Waals surface area contributed by atoms with Crippen molar-refractivity contribution in [1.82, 2.24) is 9.97 Å². The first-order valence-electron chi connectivity index (χ1n) is 5.77. The molecule has 102 valence electrons. The van der Waals surface area contributed by atoms with Crippen LogP contribution < -0.4 is 11.1 Å². The fourth-order valence-corrected chi connectivity index (χ4v) is 1.41. The molecule has 0 aliphatic carbocycles. The highest BCUT2D eigenvalue weighted by molar-refractivity contribution is 5.54.